The molecule has 1 amide bonds. The van der Waals surface area contributed by atoms with E-state index in [1.807, 2.05) is 50.7 Å². The van der Waals surface area contributed by atoms with Crippen molar-refractivity contribution in [2.45, 2.75) is 27.3 Å². The zero-order valence-corrected chi connectivity index (χ0v) is 14.3. The summed E-state index contributed by atoms with van der Waals surface area (Å²) in [5, 5.41) is 14.4. The van der Waals surface area contributed by atoms with Crippen LogP contribution in [0.15, 0.2) is 30.3 Å². The molecule has 0 unspecified atom stereocenters. The van der Waals surface area contributed by atoms with Gasteiger partial charge in [-0.3, -0.25) is 14.6 Å². The molecule has 0 radical (unpaired) electrons. The van der Waals surface area contributed by atoms with Crippen LogP contribution >= 0.6 is 0 Å². The van der Waals surface area contributed by atoms with Crippen molar-refractivity contribution < 1.29 is 4.79 Å². The summed E-state index contributed by atoms with van der Waals surface area (Å²) in [5.74, 6) is -0.172. The molecule has 0 aliphatic carbocycles. The number of carbonyl (C=O) groups is 1. The number of hydrogen-bond acceptors (Lipinski definition) is 3. The predicted molar refractivity (Wildman–Crippen MR) is 92.6 cm³/mol. The lowest BCUT2D eigenvalue weighted by Crippen LogP contribution is -2.23. The van der Waals surface area contributed by atoms with Crippen molar-refractivity contribution in [1.29, 1.82) is 0 Å². The SMILES string of the molecule is Cc1cccc(CNC(=O)c2cc(-c3c(C)nn(C)c3C)n[nH]2)c1. The Balaban J connectivity index is 1.74. The number of benzene rings is 1. The quantitative estimate of drug-likeness (QED) is 0.775. The van der Waals surface area contributed by atoms with Crippen molar-refractivity contribution in [3.63, 3.8) is 0 Å². The first-order valence-corrected chi connectivity index (χ1v) is 7.85. The van der Waals surface area contributed by atoms with Crippen LogP contribution in [-0.2, 0) is 13.6 Å². The molecule has 1 aromatic carbocycles. The number of H-pyrrole nitrogens is 1. The molecule has 6 nitrogen and oxygen atoms in total. The minimum atomic E-state index is -0.172. The fourth-order valence-electron chi connectivity index (χ4n) is 2.81. The monoisotopic (exact) mass is 323 g/mol. The molecule has 3 aromatic rings. The number of aromatic nitrogens is 4. The molecular weight excluding hydrogens is 302 g/mol. The molecular formula is C18H21N5O. The van der Waals surface area contributed by atoms with E-state index in [0.717, 1.165) is 28.2 Å². The fourth-order valence-corrected chi connectivity index (χ4v) is 2.81. The lowest BCUT2D eigenvalue weighted by atomic mass is 10.1. The van der Waals surface area contributed by atoms with Gasteiger partial charge in [0.25, 0.3) is 5.91 Å². The zero-order chi connectivity index (χ0) is 17.3. The van der Waals surface area contributed by atoms with Crippen molar-refractivity contribution in [1.82, 2.24) is 25.3 Å². The lowest BCUT2D eigenvalue weighted by Gasteiger charge is -2.04. The van der Waals surface area contributed by atoms with E-state index < -0.39 is 0 Å². The Morgan fingerprint density at radius 2 is 2.04 bits per heavy atom. The van der Waals surface area contributed by atoms with E-state index in [4.69, 9.17) is 0 Å². The normalized spacial score (nSPS) is 10.8. The Bertz CT molecular complexity index is 891. The molecule has 24 heavy (non-hydrogen) atoms. The Morgan fingerprint density at radius 3 is 2.71 bits per heavy atom. The van der Waals surface area contributed by atoms with Crippen molar-refractivity contribution >= 4 is 5.91 Å². The topological polar surface area (TPSA) is 75.6 Å². The van der Waals surface area contributed by atoms with Crippen LogP contribution in [0.1, 0.15) is 33.0 Å². The molecule has 0 spiro atoms. The molecule has 2 aromatic heterocycles. The van der Waals surface area contributed by atoms with Gasteiger partial charge in [-0.1, -0.05) is 29.8 Å². The number of carbonyl (C=O) groups excluding carboxylic acids is 1. The molecule has 0 bridgehead atoms. The first-order chi connectivity index (χ1) is 11.5. The van der Waals surface area contributed by atoms with Gasteiger partial charge in [0, 0.05) is 24.8 Å². The highest BCUT2D eigenvalue weighted by Crippen LogP contribution is 2.25. The minimum absolute atomic E-state index is 0.172. The van der Waals surface area contributed by atoms with Gasteiger partial charge in [0.1, 0.15) is 5.69 Å². The second-order valence-corrected chi connectivity index (χ2v) is 6.01. The average molecular weight is 323 g/mol. The predicted octanol–water partition coefficient (Wildman–Crippen LogP) is 2.67. The van der Waals surface area contributed by atoms with Crippen LogP contribution in [0.3, 0.4) is 0 Å². The van der Waals surface area contributed by atoms with Gasteiger partial charge < -0.3 is 5.32 Å². The van der Waals surface area contributed by atoms with Crippen molar-refractivity contribution in [3.8, 4) is 11.3 Å². The third-order valence-corrected chi connectivity index (χ3v) is 4.12. The summed E-state index contributed by atoms with van der Waals surface area (Å²) in [5.41, 5.74) is 6.31. The highest BCUT2D eigenvalue weighted by Gasteiger charge is 2.17. The smallest absolute Gasteiger partial charge is 0.269 e. The van der Waals surface area contributed by atoms with E-state index in [1.54, 1.807) is 6.07 Å². The maximum absolute atomic E-state index is 12.3. The van der Waals surface area contributed by atoms with Gasteiger partial charge in [-0.15, -0.1) is 0 Å². The molecule has 0 saturated carbocycles. The maximum Gasteiger partial charge on any atom is 0.269 e. The van der Waals surface area contributed by atoms with E-state index in [0.29, 0.717) is 12.2 Å². The fraction of sp³-hybridized carbons (Fsp3) is 0.278. The molecule has 0 fully saturated rings. The highest BCUT2D eigenvalue weighted by atomic mass is 16.1. The van der Waals surface area contributed by atoms with E-state index in [1.165, 1.54) is 5.56 Å². The molecule has 6 heteroatoms. The Morgan fingerprint density at radius 1 is 1.25 bits per heavy atom. The van der Waals surface area contributed by atoms with E-state index in [9.17, 15) is 4.79 Å². The maximum atomic E-state index is 12.3. The van der Waals surface area contributed by atoms with Crippen LogP contribution in [-0.4, -0.2) is 25.9 Å². The zero-order valence-electron chi connectivity index (χ0n) is 14.3. The Labute approximate surface area is 140 Å². The number of amides is 1. The van der Waals surface area contributed by atoms with Crippen LogP contribution in [0.25, 0.3) is 11.3 Å². The third-order valence-electron chi connectivity index (χ3n) is 4.12. The summed E-state index contributed by atoms with van der Waals surface area (Å²) >= 11 is 0. The Kier molecular flexibility index (Phi) is 4.20. The Hall–Kier alpha value is -2.89. The summed E-state index contributed by atoms with van der Waals surface area (Å²) in [6.45, 7) is 6.45. The van der Waals surface area contributed by atoms with Gasteiger partial charge in [0.15, 0.2) is 0 Å². The van der Waals surface area contributed by atoms with Crippen molar-refractivity contribution in [2.24, 2.45) is 7.05 Å². The standard InChI is InChI=1S/C18H21N5O/c1-11-6-5-7-14(8-11)10-19-18(24)16-9-15(20-21-16)17-12(2)22-23(4)13(17)3/h5-9H,10H2,1-4H3,(H,19,24)(H,20,21). The summed E-state index contributed by atoms with van der Waals surface area (Å²) in [6, 6.07) is 9.84. The molecule has 3 rings (SSSR count). The largest absolute Gasteiger partial charge is 0.347 e. The first kappa shape index (κ1) is 16.0. The molecule has 124 valence electrons. The average Bonchev–Trinajstić information content (AvgIpc) is 3.10. The van der Waals surface area contributed by atoms with Gasteiger partial charge in [0.05, 0.1) is 11.4 Å². The number of aromatic amines is 1. The molecule has 0 saturated heterocycles. The molecule has 0 aliphatic heterocycles. The second kappa shape index (κ2) is 6.31. The van der Waals surface area contributed by atoms with Crippen molar-refractivity contribution in [3.05, 3.63) is 58.5 Å². The second-order valence-electron chi connectivity index (χ2n) is 6.01. The van der Waals surface area contributed by atoms with Crippen molar-refractivity contribution in [2.75, 3.05) is 0 Å². The van der Waals surface area contributed by atoms with E-state index in [2.05, 4.69) is 26.7 Å². The number of rotatable bonds is 4. The van der Waals surface area contributed by atoms with Gasteiger partial charge >= 0.3 is 0 Å². The molecule has 0 aliphatic rings. The molecule has 0 atom stereocenters. The van der Waals surface area contributed by atoms with E-state index >= 15 is 0 Å². The summed E-state index contributed by atoms with van der Waals surface area (Å²) in [4.78, 5) is 12.3. The lowest BCUT2D eigenvalue weighted by molar-refractivity contribution is 0.0946. The van der Waals surface area contributed by atoms with Gasteiger partial charge in [-0.25, -0.2) is 0 Å². The number of aryl methyl sites for hydroxylation is 3. The summed E-state index contributed by atoms with van der Waals surface area (Å²) in [6.07, 6.45) is 0. The number of hydrogen-bond donors (Lipinski definition) is 2. The van der Waals surface area contributed by atoms with Crippen LogP contribution in [0.2, 0.25) is 0 Å². The van der Waals surface area contributed by atoms with Crippen LogP contribution < -0.4 is 5.32 Å². The van der Waals surface area contributed by atoms with Gasteiger partial charge in [0.2, 0.25) is 0 Å². The first-order valence-electron chi connectivity index (χ1n) is 7.85. The summed E-state index contributed by atoms with van der Waals surface area (Å²) in [7, 11) is 1.90. The number of nitrogens with one attached hydrogen (secondary N) is 2. The van der Waals surface area contributed by atoms with Crippen LogP contribution in [0.4, 0.5) is 0 Å². The minimum Gasteiger partial charge on any atom is -0.347 e. The van der Waals surface area contributed by atoms with Gasteiger partial charge in [-0.2, -0.15) is 10.2 Å². The third kappa shape index (κ3) is 3.08. The van der Waals surface area contributed by atoms with Gasteiger partial charge in [-0.05, 0) is 32.4 Å². The highest BCUT2D eigenvalue weighted by molar-refractivity contribution is 5.93. The van der Waals surface area contributed by atoms with Crippen LogP contribution in [0.5, 0.6) is 0 Å². The summed E-state index contributed by atoms with van der Waals surface area (Å²) < 4.78 is 1.82. The van der Waals surface area contributed by atoms with Crippen LogP contribution in [0, 0.1) is 20.8 Å². The molecule has 2 N–H and O–H groups in total. The molecule has 2 heterocycles. The number of nitrogens with zero attached hydrogens (tertiary/aromatic N) is 3. The van der Waals surface area contributed by atoms with E-state index in [-0.39, 0.29) is 5.91 Å².